The van der Waals surface area contributed by atoms with E-state index in [1.165, 1.54) is 6.92 Å². The van der Waals surface area contributed by atoms with Gasteiger partial charge in [-0.3, -0.25) is 14.4 Å². The summed E-state index contributed by atoms with van der Waals surface area (Å²) in [4.78, 5) is 36.4. The Labute approximate surface area is 177 Å². The number of carbonyl (C=O) groups is 3. The topological polar surface area (TPSA) is 90.9 Å². The van der Waals surface area contributed by atoms with E-state index in [4.69, 9.17) is 14.2 Å². The van der Waals surface area contributed by atoms with Gasteiger partial charge in [0.15, 0.2) is 17.3 Å². The third-order valence-electron chi connectivity index (χ3n) is 5.76. The normalized spacial score (nSPS) is 19.9. The Hall–Kier alpha value is -2.57. The van der Waals surface area contributed by atoms with Crippen molar-refractivity contribution in [3.8, 4) is 11.5 Å². The minimum Gasteiger partial charge on any atom is -0.466 e. The van der Waals surface area contributed by atoms with Crippen molar-refractivity contribution in [2.45, 2.75) is 65.2 Å². The number of Topliss-reactive ketones (excluding diaryl/α,β-unsaturated/α-hetero) is 1. The summed E-state index contributed by atoms with van der Waals surface area (Å²) in [6.45, 7) is 4.03. The van der Waals surface area contributed by atoms with Gasteiger partial charge in [0.2, 0.25) is 12.7 Å². The van der Waals surface area contributed by atoms with E-state index in [1.54, 1.807) is 12.1 Å². The Morgan fingerprint density at radius 3 is 2.60 bits per heavy atom. The van der Waals surface area contributed by atoms with Gasteiger partial charge >= 0.3 is 5.97 Å². The number of fused-ring (bicyclic) bond motifs is 1. The molecule has 1 fully saturated rings. The molecule has 1 heterocycles. The molecule has 0 saturated heterocycles. The van der Waals surface area contributed by atoms with Crippen LogP contribution >= 0.6 is 0 Å². The lowest BCUT2D eigenvalue weighted by Gasteiger charge is -2.28. The van der Waals surface area contributed by atoms with Gasteiger partial charge in [-0.1, -0.05) is 19.8 Å². The molecule has 0 bridgehead atoms. The summed E-state index contributed by atoms with van der Waals surface area (Å²) in [6.07, 6.45) is 6.61. The number of amides is 1. The van der Waals surface area contributed by atoms with E-state index in [0.29, 0.717) is 48.1 Å². The largest absolute Gasteiger partial charge is 0.466 e. The Bertz CT molecular complexity index is 790. The first-order valence-electron chi connectivity index (χ1n) is 10.9. The first-order valence-corrected chi connectivity index (χ1v) is 10.9. The van der Waals surface area contributed by atoms with E-state index in [0.717, 1.165) is 38.5 Å². The number of nitrogens with one attached hydrogen (secondary N) is 1. The predicted octanol–water partition coefficient (Wildman–Crippen LogP) is 4.49. The van der Waals surface area contributed by atoms with Gasteiger partial charge in [-0.2, -0.15) is 0 Å². The molecular weight excluding hydrogens is 386 g/mol. The highest BCUT2D eigenvalue weighted by atomic mass is 16.7. The lowest BCUT2D eigenvalue weighted by Crippen LogP contribution is -2.23. The Kier molecular flexibility index (Phi) is 7.71. The Balaban J connectivity index is 1.52. The highest BCUT2D eigenvalue weighted by Crippen LogP contribution is 2.38. The quantitative estimate of drug-likeness (QED) is 0.470. The van der Waals surface area contributed by atoms with Crippen molar-refractivity contribution in [1.82, 2.24) is 0 Å². The van der Waals surface area contributed by atoms with Gasteiger partial charge in [0.05, 0.1) is 12.3 Å². The number of hydrogen-bond donors (Lipinski definition) is 1. The molecule has 1 aromatic rings. The molecule has 2 atom stereocenters. The van der Waals surface area contributed by atoms with E-state index in [2.05, 4.69) is 5.32 Å². The molecule has 1 amide bonds. The van der Waals surface area contributed by atoms with Crippen molar-refractivity contribution >= 4 is 23.3 Å². The average molecular weight is 418 g/mol. The third kappa shape index (κ3) is 5.97. The molecule has 1 aromatic carbocycles. The van der Waals surface area contributed by atoms with Crippen LogP contribution in [0, 0.1) is 11.8 Å². The van der Waals surface area contributed by atoms with E-state index >= 15 is 0 Å². The van der Waals surface area contributed by atoms with Gasteiger partial charge in [-0.25, -0.2) is 0 Å². The lowest BCUT2D eigenvalue weighted by molar-refractivity contribution is -0.144. The minimum atomic E-state index is -0.142. The van der Waals surface area contributed by atoms with Crippen LogP contribution in [0.3, 0.4) is 0 Å². The zero-order valence-electron chi connectivity index (χ0n) is 17.8. The van der Waals surface area contributed by atoms with Crippen LogP contribution in [-0.4, -0.2) is 31.1 Å². The lowest BCUT2D eigenvalue weighted by atomic mass is 9.78. The van der Waals surface area contributed by atoms with E-state index < -0.39 is 0 Å². The van der Waals surface area contributed by atoms with Crippen LogP contribution in [0.5, 0.6) is 11.5 Å². The van der Waals surface area contributed by atoms with Crippen LogP contribution < -0.4 is 14.8 Å². The standard InChI is InChI=1S/C23H31NO6/c1-3-9-28-23(27)8-7-16-5-4-6-17(10-16)11-22(26)24-19-13-21-20(29-14-30-21)12-18(19)15(2)25/h12-13,16-17H,3-11,14H2,1-2H3,(H,24,26). The Morgan fingerprint density at radius 2 is 1.87 bits per heavy atom. The van der Waals surface area contributed by atoms with Gasteiger partial charge in [-0.05, 0) is 50.5 Å². The molecule has 0 aromatic heterocycles. The first kappa shape index (κ1) is 22.1. The summed E-state index contributed by atoms with van der Waals surface area (Å²) in [6, 6.07) is 3.27. The first-order chi connectivity index (χ1) is 14.5. The van der Waals surface area contributed by atoms with E-state index in [-0.39, 0.29) is 30.4 Å². The third-order valence-corrected chi connectivity index (χ3v) is 5.76. The summed E-state index contributed by atoms with van der Waals surface area (Å²) >= 11 is 0. The van der Waals surface area contributed by atoms with Crippen molar-refractivity contribution in [3.63, 3.8) is 0 Å². The fraction of sp³-hybridized carbons (Fsp3) is 0.609. The van der Waals surface area contributed by atoms with Crippen LogP contribution in [0.1, 0.15) is 75.6 Å². The summed E-state index contributed by atoms with van der Waals surface area (Å²) in [5.74, 6) is 1.40. The fourth-order valence-corrected chi connectivity index (χ4v) is 4.26. The number of anilines is 1. The van der Waals surface area contributed by atoms with E-state index in [9.17, 15) is 14.4 Å². The van der Waals surface area contributed by atoms with Crippen LogP contribution in [0.15, 0.2) is 12.1 Å². The maximum absolute atomic E-state index is 12.7. The Morgan fingerprint density at radius 1 is 1.13 bits per heavy atom. The zero-order valence-corrected chi connectivity index (χ0v) is 17.8. The molecule has 3 rings (SSSR count). The number of carbonyl (C=O) groups excluding carboxylic acids is 3. The summed E-state index contributed by atoms with van der Waals surface area (Å²) < 4.78 is 15.8. The maximum atomic E-state index is 12.7. The SMILES string of the molecule is CCCOC(=O)CCC1CCCC(CC(=O)Nc2cc3c(cc2C(C)=O)OCO3)C1. The second kappa shape index (κ2) is 10.5. The number of rotatable bonds is 9. The fourth-order valence-electron chi connectivity index (χ4n) is 4.26. The number of hydrogen-bond acceptors (Lipinski definition) is 6. The van der Waals surface area contributed by atoms with Crippen molar-refractivity contribution in [3.05, 3.63) is 17.7 Å². The molecule has 1 N–H and O–H groups in total. The van der Waals surface area contributed by atoms with Crippen LogP contribution in [0.2, 0.25) is 0 Å². The highest BCUT2D eigenvalue weighted by Gasteiger charge is 2.26. The average Bonchev–Trinajstić information content (AvgIpc) is 3.17. The number of benzene rings is 1. The molecule has 30 heavy (non-hydrogen) atoms. The van der Waals surface area contributed by atoms with Crippen LogP contribution in [-0.2, 0) is 14.3 Å². The van der Waals surface area contributed by atoms with Gasteiger partial charge < -0.3 is 19.5 Å². The van der Waals surface area contributed by atoms with Crippen molar-refractivity contribution in [2.75, 3.05) is 18.7 Å². The second-order valence-corrected chi connectivity index (χ2v) is 8.22. The van der Waals surface area contributed by atoms with Crippen LogP contribution in [0.4, 0.5) is 5.69 Å². The molecular formula is C23H31NO6. The zero-order chi connectivity index (χ0) is 21.5. The predicted molar refractivity (Wildman–Crippen MR) is 112 cm³/mol. The molecule has 1 aliphatic carbocycles. The monoisotopic (exact) mass is 417 g/mol. The summed E-state index contributed by atoms with van der Waals surface area (Å²) in [5.41, 5.74) is 0.877. The molecule has 0 radical (unpaired) electrons. The second-order valence-electron chi connectivity index (χ2n) is 8.22. The maximum Gasteiger partial charge on any atom is 0.305 e. The van der Waals surface area contributed by atoms with Crippen molar-refractivity contribution < 1.29 is 28.6 Å². The van der Waals surface area contributed by atoms with Crippen molar-refractivity contribution in [1.29, 1.82) is 0 Å². The molecule has 2 aliphatic rings. The van der Waals surface area contributed by atoms with Gasteiger partial charge in [0, 0.05) is 24.5 Å². The molecule has 2 unspecified atom stereocenters. The number of ketones is 1. The number of esters is 1. The molecule has 0 spiro atoms. The van der Waals surface area contributed by atoms with Gasteiger partial charge in [0.1, 0.15) is 0 Å². The van der Waals surface area contributed by atoms with Crippen molar-refractivity contribution in [2.24, 2.45) is 11.8 Å². The summed E-state index contributed by atoms with van der Waals surface area (Å²) in [5, 5.41) is 2.89. The smallest absolute Gasteiger partial charge is 0.305 e. The molecule has 7 heteroatoms. The molecule has 7 nitrogen and oxygen atoms in total. The van der Waals surface area contributed by atoms with Gasteiger partial charge in [-0.15, -0.1) is 0 Å². The molecule has 1 saturated carbocycles. The molecule has 164 valence electrons. The van der Waals surface area contributed by atoms with E-state index in [1.807, 2.05) is 6.92 Å². The minimum absolute atomic E-state index is 0.107. The highest BCUT2D eigenvalue weighted by molar-refractivity contribution is 6.04. The molecule has 1 aliphatic heterocycles. The van der Waals surface area contributed by atoms with Gasteiger partial charge in [0.25, 0.3) is 0 Å². The van der Waals surface area contributed by atoms with Crippen LogP contribution in [0.25, 0.3) is 0 Å². The number of ether oxygens (including phenoxy) is 3. The summed E-state index contributed by atoms with van der Waals surface area (Å²) in [7, 11) is 0.